The zero-order valence-corrected chi connectivity index (χ0v) is 14.5. The van der Waals surface area contributed by atoms with Crippen molar-refractivity contribution in [2.45, 2.75) is 25.7 Å². The highest BCUT2D eigenvalue weighted by Crippen LogP contribution is 2.19. The van der Waals surface area contributed by atoms with E-state index in [2.05, 4.69) is 22.8 Å². The maximum Gasteiger partial charge on any atom is 0.255 e. The number of nitrogens with one attached hydrogen (secondary N) is 2. The quantitative estimate of drug-likeness (QED) is 0.838. The van der Waals surface area contributed by atoms with Gasteiger partial charge in [0.2, 0.25) is 0 Å². The van der Waals surface area contributed by atoms with Gasteiger partial charge >= 0.3 is 0 Å². The molecule has 1 atom stereocenters. The zero-order valence-electron chi connectivity index (χ0n) is 13.7. The summed E-state index contributed by atoms with van der Waals surface area (Å²) in [6.07, 6.45) is 4.95. The molecule has 4 heteroatoms. The predicted octanol–water partition coefficient (Wildman–Crippen LogP) is 4.52. The molecule has 0 bridgehead atoms. The van der Waals surface area contributed by atoms with Crippen molar-refractivity contribution >= 4 is 23.2 Å². The van der Waals surface area contributed by atoms with Crippen molar-refractivity contribution in [3.05, 3.63) is 64.7 Å². The fraction of sp³-hybridized carbons (Fsp3) is 0.350. The van der Waals surface area contributed by atoms with Crippen molar-refractivity contribution in [1.29, 1.82) is 0 Å². The van der Waals surface area contributed by atoms with E-state index < -0.39 is 0 Å². The second kappa shape index (κ2) is 8.32. The average molecular weight is 343 g/mol. The summed E-state index contributed by atoms with van der Waals surface area (Å²) in [6.45, 7) is 2.31. The molecule has 126 valence electrons. The van der Waals surface area contributed by atoms with Crippen LogP contribution in [-0.2, 0) is 6.42 Å². The van der Waals surface area contributed by atoms with Crippen molar-refractivity contribution in [2.75, 3.05) is 18.4 Å². The van der Waals surface area contributed by atoms with Crippen LogP contribution in [0.15, 0.2) is 48.5 Å². The summed E-state index contributed by atoms with van der Waals surface area (Å²) in [5, 5.41) is 7.01. The molecule has 1 fully saturated rings. The first-order valence-electron chi connectivity index (χ1n) is 8.57. The molecular weight excluding hydrogens is 320 g/mol. The molecule has 2 aromatic rings. The van der Waals surface area contributed by atoms with E-state index in [4.69, 9.17) is 11.6 Å². The normalized spacial score (nSPS) is 17.5. The lowest BCUT2D eigenvalue weighted by Crippen LogP contribution is -2.29. The van der Waals surface area contributed by atoms with E-state index in [0.29, 0.717) is 10.6 Å². The number of rotatable bonds is 5. The van der Waals surface area contributed by atoms with Gasteiger partial charge in [-0.2, -0.15) is 0 Å². The molecule has 3 nitrogen and oxygen atoms in total. The lowest BCUT2D eigenvalue weighted by Gasteiger charge is -2.22. The molecule has 1 aliphatic rings. The Morgan fingerprint density at radius 2 is 1.88 bits per heavy atom. The number of piperidine rings is 1. The van der Waals surface area contributed by atoms with E-state index in [0.717, 1.165) is 24.6 Å². The SMILES string of the molecule is O=C(Nc1ccc(CC[C@@H]2CCCNC2)cc1)c1ccc(Cl)cc1. The van der Waals surface area contributed by atoms with Crippen molar-refractivity contribution in [2.24, 2.45) is 5.92 Å². The maximum atomic E-state index is 12.2. The second-order valence-electron chi connectivity index (χ2n) is 6.41. The molecule has 1 amide bonds. The van der Waals surface area contributed by atoms with Crippen LogP contribution in [0, 0.1) is 5.92 Å². The Morgan fingerprint density at radius 1 is 1.12 bits per heavy atom. The molecule has 1 heterocycles. The summed E-state index contributed by atoms with van der Waals surface area (Å²) in [4.78, 5) is 12.2. The van der Waals surface area contributed by atoms with E-state index in [1.807, 2.05) is 12.1 Å². The Morgan fingerprint density at radius 3 is 2.54 bits per heavy atom. The van der Waals surface area contributed by atoms with Crippen LogP contribution in [0.25, 0.3) is 0 Å². The zero-order chi connectivity index (χ0) is 16.8. The van der Waals surface area contributed by atoms with Crippen LogP contribution in [-0.4, -0.2) is 19.0 Å². The molecule has 0 aromatic heterocycles. The standard InChI is InChI=1S/C20H23ClN2O/c21-18-9-7-17(8-10-18)20(24)23-19-11-5-15(6-12-19)3-4-16-2-1-13-22-14-16/h5-12,16,22H,1-4,13-14H2,(H,23,24)/t16-/m0/s1. The number of carbonyl (C=O) groups excluding carboxylic acids is 1. The number of hydrogen-bond donors (Lipinski definition) is 2. The Bertz CT molecular complexity index is 661. The van der Waals surface area contributed by atoms with Gasteiger partial charge in [-0.05, 0) is 86.7 Å². The predicted molar refractivity (Wildman–Crippen MR) is 99.8 cm³/mol. The minimum absolute atomic E-state index is 0.118. The van der Waals surface area contributed by atoms with Gasteiger partial charge in [0.05, 0.1) is 0 Å². The lowest BCUT2D eigenvalue weighted by molar-refractivity contribution is 0.102. The molecule has 0 spiro atoms. The lowest BCUT2D eigenvalue weighted by atomic mass is 9.93. The number of carbonyl (C=O) groups is 1. The Balaban J connectivity index is 1.52. The highest BCUT2D eigenvalue weighted by atomic mass is 35.5. The van der Waals surface area contributed by atoms with Crippen LogP contribution >= 0.6 is 11.6 Å². The van der Waals surface area contributed by atoms with Gasteiger partial charge in [-0.15, -0.1) is 0 Å². The summed E-state index contributed by atoms with van der Waals surface area (Å²) in [7, 11) is 0. The second-order valence-corrected chi connectivity index (χ2v) is 6.85. The Hall–Kier alpha value is -1.84. The van der Waals surface area contributed by atoms with E-state index in [-0.39, 0.29) is 5.91 Å². The molecule has 1 saturated heterocycles. The van der Waals surface area contributed by atoms with E-state index >= 15 is 0 Å². The van der Waals surface area contributed by atoms with Gasteiger partial charge in [-0.3, -0.25) is 4.79 Å². The number of hydrogen-bond acceptors (Lipinski definition) is 2. The Labute approximate surface area is 148 Å². The van der Waals surface area contributed by atoms with Crippen LogP contribution in [0.5, 0.6) is 0 Å². The van der Waals surface area contributed by atoms with Crippen LogP contribution < -0.4 is 10.6 Å². The van der Waals surface area contributed by atoms with Gasteiger partial charge in [-0.1, -0.05) is 23.7 Å². The largest absolute Gasteiger partial charge is 0.322 e. The van der Waals surface area contributed by atoms with Gasteiger partial charge in [0, 0.05) is 16.3 Å². The van der Waals surface area contributed by atoms with Gasteiger partial charge in [0.1, 0.15) is 0 Å². The summed E-state index contributed by atoms with van der Waals surface area (Å²) in [6, 6.07) is 15.1. The molecule has 24 heavy (non-hydrogen) atoms. The third-order valence-electron chi connectivity index (χ3n) is 4.56. The smallest absolute Gasteiger partial charge is 0.255 e. The first kappa shape index (κ1) is 17.0. The molecule has 0 saturated carbocycles. The molecular formula is C20H23ClN2O. The van der Waals surface area contributed by atoms with Crippen molar-refractivity contribution in [3.8, 4) is 0 Å². The first-order chi connectivity index (χ1) is 11.7. The van der Waals surface area contributed by atoms with E-state index in [1.165, 1.54) is 31.4 Å². The maximum absolute atomic E-state index is 12.2. The van der Waals surface area contributed by atoms with Crippen LogP contribution in [0.1, 0.15) is 35.2 Å². The fourth-order valence-electron chi connectivity index (χ4n) is 3.10. The number of anilines is 1. The summed E-state index contributed by atoms with van der Waals surface area (Å²) >= 11 is 5.84. The fourth-order valence-corrected chi connectivity index (χ4v) is 3.23. The molecule has 0 radical (unpaired) electrons. The minimum Gasteiger partial charge on any atom is -0.322 e. The monoisotopic (exact) mass is 342 g/mol. The van der Waals surface area contributed by atoms with Gasteiger partial charge in [-0.25, -0.2) is 0 Å². The molecule has 0 aliphatic carbocycles. The van der Waals surface area contributed by atoms with E-state index in [1.54, 1.807) is 24.3 Å². The molecule has 0 unspecified atom stereocenters. The molecule has 2 aromatic carbocycles. The van der Waals surface area contributed by atoms with Crippen LogP contribution in [0.2, 0.25) is 5.02 Å². The van der Waals surface area contributed by atoms with Crippen molar-refractivity contribution in [3.63, 3.8) is 0 Å². The van der Waals surface area contributed by atoms with Crippen molar-refractivity contribution in [1.82, 2.24) is 5.32 Å². The summed E-state index contributed by atoms with van der Waals surface area (Å²) < 4.78 is 0. The number of benzene rings is 2. The average Bonchev–Trinajstić information content (AvgIpc) is 2.62. The van der Waals surface area contributed by atoms with Crippen LogP contribution in [0.4, 0.5) is 5.69 Å². The highest BCUT2D eigenvalue weighted by Gasteiger charge is 2.12. The molecule has 2 N–H and O–H groups in total. The van der Waals surface area contributed by atoms with E-state index in [9.17, 15) is 4.79 Å². The summed E-state index contributed by atoms with van der Waals surface area (Å²) in [5.74, 6) is 0.677. The topological polar surface area (TPSA) is 41.1 Å². The number of halogens is 1. The Kier molecular flexibility index (Phi) is 5.89. The van der Waals surface area contributed by atoms with Crippen LogP contribution in [0.3, 0.4) is 0 Å². The van der Waals surface area contributed by atoms with Gasteiger partial charge < -0.3 is 10.6 Å². The van der Waals surface area contributed by atoms with Gasteiger partial charge in [0.15, 0.2) is 0 Å². The van der Waals surface area contributed by atoms with Gasteiger partial charge in [0.25, 0.3) is 5.91 Å². The minimum atomic E-state index is -0.118. The molecule has 1 aliphatic heterocycles. The summed E-state index contributed by atoms with van der Waals surface area (Å²) in [5.41, 5.74) is 2.75. The number of amides is 1. The highest BCUT2D eigenvalue weighted by molar-refractivity contribution is 6.30. The third kappa shape index (κ3) is 4.83. The van der Waals surface area contributed by atoms with Crippen molar-refractivity contribution < 1.29 is 4.79 Å². The first-order valence-corrected chi connectivity index (χ1v) is 8.95. The molecule has 3 rings (SSSR count). The third-order valence-corrected chi connectivity index (χ3v) is 4.81. The number of aryl methyl sites for hydroxylation is 1.